The first-order chi connectivity index (χ1) is 16.2. The summed E-state index contributed by atoms with van der Waals surface area (Å²) in [6.07, 6.45) is 7.23. The zero-order chi connectivity index (χ0) is 24.8. The fourth-order valence-electron chi connectivity index (χ4n) is 3.76. The molecule has 2 aromatic carbocycles. The summed E-state index contributed by atoms with van der Waals surface area (Å²) in [5, 5.41) is 11.9. The average molecular weight is 455 g/mol. The molecule has 4 N–H and O–H groups in total. The number of nitrogens with two attached hydrogens (primary N) is 1. The molecule has 1 heterocycles. The summed E-state index contributed by atoms with van der Waals surface area (Å²) in [4.78, 5) is 0. The van der Waals surface area contributed by atoms with Crippen LogP contribution in [0.15, 0.2) is 96.9 Å². The van der Waals surface area contributed by atoms with Crippen molar-refractivity contribution in [2.24, 2.45) is 5.73 Å². The Bertz CT molecular complexity index is 1360. The first-order valence-corrected chi connectivity index (χ1v) is 11.0. The lowest BCUT2D eigenvalue weighted by molar-refractivity contribution is 0.627. The molecule has 0 bridgehead atoms. The van der Waals surface area contributed by atoms with Crippen molar-refractivity contribution in [3.8, 4) is 0 Å². The summed E-state index contributed by atoms with van der Waals surface area (Å²) >= 11 is 0. The molecule has 0 amide bonds. The maximum atomic E-state index is 13.8. The van der Waals surface area contributed by atoms with Crippen LogP contribution in [0.1, 0.15) is 44.5 Å². The maximum absolute atomic E-state index is 13.8. The standard InChI is InChI=1S/C29H31FN4/c1-7-9-26(23-10-8-11-25(30)15-23)19(4)20(5)32-21(6)29-27-16-22(12-13-28(27)33-34-29)24(17-31)14-18(2)3/h7-17,32H,1,6,31H2,2-5H3,(H,33,34)/b20-19+,24-17+,26-9+. The summed E-state index contributed by atoms with van der Waals surface area (Å²) in [6.45, 7) is 16.0. The number of H-pyrrole nitrogens is 1. The predicted molar refractivity (Wildman–Crippen MR) is 143 cm³/mol. The predicted octanol–water partition coefficient (Wildman–Crippen LogP) is 7.09. The summed E-state index contributed by atoms with van der Waals surface area (Å²) in [7, 11) is 0. The summed E-state index contributed by atoms with van der Waals surface area (Å²) in [6, 6.07) is 12.6. The number of aromatic nitrogens is 2. The monoisotopic (exact) mass is 454 g/mol. The van der Waals surface area contributed by atoms with Crippen molar-refractivity contribution in [1.29, 1.82) is 0 Å². The second-order valence-corrected chi connectivity index (χ2v) is 8.36. The quantitative estimate of drug-likeness (QED) is 0.318. The van der Waals surface area contributed by atoms with Gasteiger partial charge in [0, 0.05) is 17.3 Å². The van der Waals surface area contributed by atoms with Gasteiger partial charge in [-0.2, -0.15) is 5.10 Å². The maximum Gasteiger partial charge on any atom is 0.123 e. The van der Waals surface area contributed by atoms with Gasteiger partial charge in [0.05, 0.1) is 11.2 Å². The topological polar surface area (TPSA) is 66.7 Å². The van der Waals surface area contributed by atoms with E-state index < -0.39 is 0 Å². The van der Waals surface area contributed by atoms with E-state index in [2.05, 4.69) is 34.7 Å². The van der Waals surface area contributed by atoms with Crippen molar-refractivity contribution in [1.82, 2.24) is 15.5 Å². The highest BCUT2D eigenvalue weighted by atomic mass is 19.1. The highest BCUT2D eigenvalue weighted by Gasteiger charge is 2.13. The molecule has 0 saturated carbocycles. The van der Waals surface area contributed by atoms with Crippen molar-refractivity contribution in [3.63, 3.8) is 0 Å². The van der Waals surface area contributed by atoms with Gasteiger partial charge in [-0.1, -0.05) is 55.2 Å². The van der Waals surface area contributed by atoms with Crippen LogP contribution in [0.2, 0.25) is 0 Å². The van der Waals surface area contributed by atoms with E-state index in [0.717, 1.165) is 55.7 Å². The van der Waals surface area contributed by atoms with E-state index in [0.29, 0.717) is 5.70 Å². The van der Waals surface area contributed by atoms with Gasteiger partial charge in [0.1, 0.15) is 11.5 Å². The second-order valence-electron chi connectivity index (χ2n) is 8.36. The lowest BCUT2D eigenvalue weighted by atomic mass is 9.97. The molecule has 1 aromatic heterocycles. The lowest BCUT2D eigenvalue weighted by Crippen LogP contribution is -2.11. The molecule has 5 heteroatoms. The molecule has 0 radical (unpaired) electrons. The third-order valence-electron chi connectivity index (χ3n) is 5.53. The van der Waals surface area contributed by atoms with Gasteiger partial charge in [-0.05, 0) is 79.8 Å². The van der Waals surface area contributed by atoms with Crippen LogP contribution in [0.3, 0.4) is 0 Å². The minimum atomic E-state index is -0.284. The van der Waals surface area contributed by atoms with E-state index in [9.17, 15) is 4.39 Å². The van der Waals surface area contributed by atoms with Gasteiger partial charge in [-0.3, -0.25) is 5.10 Å². The number of halogens is 1. The highest BCUT2D eigenvalue weighted by molar-refractivity contribution is 5.93. The molecule has 0 spiro atoms. The number of hydrogen-bond donors (Lipinski definition) is 3. The molecule has 34 heavy (non-hydrogen) atoms. The Kier molecular flexibility index (Phi) is 7.69. The minimum absolute atomic E-state index is 0.284. The lowest BCUT2D eigenvalue weighted by Gasteiger charge is -2.15. The van der Waals surface area contributed by atoms with Crippen LogP contribution in [0.5, 0.6) is 0 Å². The number of benzene rings is 2. The first-order valence-electron chi connectivity index (χ1n) is 11.0. The van der Waals surface area contributed by atoms with Crippen LogP contribution < -0.4 is 11.1 Å². The molecule has 0 unspecified atom stereocenters. The van der Waals surface area contributed by atoms with Crippen LogP contribution in [0, 0.1) is 5.82 Å². The average Bonchev–Trinajstić information content (AvgIpc) is 3.23. The minimum Gasteiger partial charge on any atom is -0.404 e. The van der Waals surface area contributed by atoms with E-state index in [1.807, 2.05) is 58.0 Å². The number of hydrogen-bond acceptors (Lipinski definition) is 3. The van der Waals surface area contributed by atoms with E-state index in [1.54, 1.807) is 18.3 Å². The number of nitrogens with one attached hydrogen (secondary N) is 2. The number of fused-ring (bicyclic) bond motifs is 1. The van der Waals surface area contributed by atoms with E-state index in [1.165, 1.54) is 12.1 Å². The van der Waals surface area contributed by atoms with E-state index in [4.69, 9.17) is 5.73 Å². The second kappa shape index (κ2) is 10.7. The smallest absolute Gasteiger partial charge is 0.123 e. The van der Waals surface area contributed by atoms with E-state index >= 15 is 0 Å². The fourth-order valence-corrected chi connectivity index (χ4v) is 3.76. The highest BCUT2D eigenvalue weighted by Crippen LogP contribution is 2.29. The molecule has 4 nitrogen and oxygen atoms in total. The molecule has 3 rings (SSSR count). The molecular weight excluding hydrogens is 423 g/mol. The van der Waals surface area contributed by atoms with Crippen LogP contribution in [-0.2, 0) is 0 Å². The Labute approximate surface area is 200 Å². The molecular formula is C29H31FN4. The van der Waals surface area contributed by atoms with Crippen LogP contribution in [0.25, 0.3) is 27.7 Å². The van der Waals surface area contributed by atoms with Gasteiger partial charge >= 0.3 is 0 Å². The van der Waals surface area contributed by atoms with Crippen LogP contribution in [-0.4, -0.2) is 10.2 Å². The zero-order valence-electron chi connectivity index (χ0n) is 20.2. The first kappa shape index (κ1) is 24.5. The number of nitrogens with zero attached hydrogens (tertiary/aromatic N) is 1. The molecule has 0 saturated heterocycles. The summed E-state index contributed by atoms with van der Waals surface area (Å²) in [5.41, 5.74) is 14.7. The van der Waals surface area contributed by atoms with Crippen LogP contribution in [0.4, 0.5) is 4.39 Å². The zero-order valence-corrected chi connectivity index (χ0v) is 20.2. The Morgan fingerprint density at radius 3 is 2.50 bits per heavy atom. The summed E-state index contributed by atoms with van der Waals surface area (Å²) < 4.78 is 13.8. The van der Waals surface area contributed by atoms with Gasteiger partial charge in [-0.15, -0.1) is 0 Å². The van der Waals surface area contributed by atoms with Gasteiger partial charge in [0.25, 0.3) is 0 Å². The normalized spacial score (nSPS) is 12.9. The van der Waals surface area contributed by atoms with E-state index in [-0.39, 0.29) is 5.82 Å². The number of aromatic amines is 1. The van der Waals surface area contributed by atoms with Gasteiger partial charge in [0.15, 0.2) is 0 Å². The molecule has 0 fully saturated rings. The summed E-state index contributed by atoms with van der Waals surface area (Å²) in [5.74, 6) is -0.284. The largest absolute Gasteiger partial charge is 0.404 e. The molecule has 174 valence electrons. The van der Waals surface area contributed by atoms with Crippen molar-refractivity contribution < 1.29 is 4.39 Å². The third kappa shape index (κ3) is 5.44. The van der Waals surface area contributed by atoms with Crippen molar-refractivity contribution >= 4 is 27.7 Å². The number of rotatable bonds is 8. The Morgan fingerprint density at radius 1 is 1.09 bits per heavy atom. The van der Waals surface area contributed by atoms with Crippen molar-refractivity contribution in [2.45, 2.75) is 27.7 Å². The molecule has 0 aliphatic heterocycles. The molecule has 0 atom stereocenters. The molecule has 3 aromatic rings. The van der Waals surface area contributed by atoms with Gasteiger partial charge in [0.2, 0.25) is 0 Å². The van der Waals surface area contributed by atoms with Crippen molar-refractivity contribution in [2.75, 3.05) is 0 Å². The van der Waals surface area contributed by atoms with Gasteiger partial charge in [-0.25, -0.2) is 4.39 Å². The molecule has 0 aliphatic rings. The van der Waals surface area contributed by atoms with Crippen LogP contribution >= 0.6 is 0 Å². The van der Waals surface area contributed by atoms with Crippen molar-refractivity contribution in [3.05, 3.63) is 120 Å². The number of allylic oxidation sites excluding steroid dienone is 8. The fraction of sp³-hybridized carbons (Fsp3) is 0.138. The Hall–Kier alpha value is -4.12. The van der Waals surface area contributed by atoms with Gasteiger partial charge < -0.3 is 11.1 Å². The Morgan fingerprint density at radius 2 is 1.85 bits per heavy atom. The Balaban J connectivity index is 1.96. The molecule has 0 aliphatic carbocycles. The third-order valence-corrected chi connectivity index (χ3v) is 5.53. The SMILES string of the molecule is C=C/C=C(\C(C)=C(/C)NC(=C)c1n[nH]c2ccc(/C(C=C(C)C)=C/N)cc12)c1cccc(F)c1.